The second-order valence-electron chi connectivity index (χ2n) is 2.81. The number of ether oxygens (including phenoxy) is 1. The SMILES string of the molecule is COc1cc(C(=O)CCN)ccc1Br. The van der Waals surface area contributed by atoms with Crippen molar-refractivity contribution >= 4 is 21.7 Å². The first-order chi connectivity index (χ1) is 6.69. The van der Waals surface area contributed by atoms with Gasteiger partial charge < -0.3 is 10.5 Å². The summed E-state index contributed by atoms with van der Waals surface area (Å²) >= 11 is 3.32. The number of benzene rings is 1. The number of hydrogen-bond acceptors (Lipinski definition) is 3. The molecule has 1 rings (SSSR count). The molecule has 1 aromatic rings. The van der Waals surface area contributed by atoms with Gasteiger partial charge in [-0.2, -0.15) is 0 Å². The molecule has 0 aliphatic heterocycles. The number of Topliss-reactive ketones (excluding diaryl/α,β-unsaturated/α-hetero) is 1. The van der Waals surface area contributed by atoms with Crippen LogP contribution in [0.5, 0.6) is 5.75 Å². The number of hydrogen-bond donors (Lipinski definition) is 1. The van der Waals surface area contributed by atoms with Crippen LogP contribution >= 0.6 is 15.9 Å². The summed E-state index contributed by atoms with van der Waals surface area (Å²) in [6.45, 7) is 0.372. The predicted octanol–water partition coefficient (Wildman–Crippen LogP) is 1.99. The van der Waals surface area contributed by atoms with E-state index in [0.29, 0.717) is 24.3 Å². The minimum atomic E-state index is 0.0401. The van der Waals surface area contributed by atoms with Crippen molar-refractivity contribution in [1.29, 1.82) is 0 Å². The van der Waals surface area contributed by atoms with E-state index in [0.717, 1.165) is 4.47 Å². The average molecular weight is 258 g/mol. The standard InChI is InChI=1S/C10H12BrNO2/c1-14-10-6-7(2-3-8(10)11)9(13)4-5-12/h2-3,6H,4-5,12H2,1H3. The summed E-state index contributed by atoms with van der Waals surface area (Å²) in [5.41, 5.74) is 5.94. The maximum Gasteiger partial charge on any atom is 0.164 e. The Morgan fingerprint density at radius 3 is 2.86 bits per heavy atom. The second-order valence-corrected chi connectivity index (χ2v) is 3.67. The van der Waals surface area contributed by atoms with Gasteiger partial charge in [-0.25, -0.2) is 0 Å². The normalized spacial score (nSPS) is 9.93. The van der Waals surface area contributed by atoms with E-state index in [-0.39, 0.29) is 5.78 Å². The van der Waals surface area contributed by atoms with E-state index in [1.165, 1.54) is 0 Å². The van der Waals surface area contributed by atoms with Gasteiger partial charge in [-0.1, -0.05) is 6.07 Å². The Labute approximate surface area is 91.4 Å². The Bertz CT molecular complexity index is 339. The van der Waals surface area contributed by atoms with Crippen LogP contribution in [-0.4, -0.2) is 19.4 Å². The summed E-state index contributed by atoms with van der Waals surface area (Å²) in [5.74, 6) is 0.700. The number of methoxy groups -OCH3 is 1. The quantitative estimate of drug-likeness (QED) is 0.840. The highest BCUT2D eigenvalue weighted by Crippen LogP contribution is 2.25. The summed E-state index contributed by atoms with van der Waals surface area (Å²) in [6.07, 6.45) is 0.366. The van der Waals surface area contributed by atoms with Gasteiger partial charge in [-0.05, 0) is 34.6 Å². The van der Waals surface area contributed by atoms with Crippen LogP contribution in [0.25, 0.3) is 0 Å². The molecule has 76 valence electrons. The van der Waals surface area contributed by atoms with E-state index in [1.54, 1.807) is 25.3 Å². The lowest BCUT2D eigenvalue weighted by molar-refractivity contribution is 0.0985. The van der Waals surface area contributed by atoms with E-state index >= 15 is 0 Å². The lowest BCUT2D eigenvalue weighted by Crippen LogP contribution is -2.08. The fourth-order valence-electron chi connectivity index (χ4n) is 1.11. The summed E-state index contributed by atoms with van der Waals surface area (Å²) in [7, 11) is 1.57. The molecule has 2 N–H and O–H groups in total. The molecule has 1 aromatic carbocycles. The van der Waals surface area contributed by atoms with Gasteiger partial charge in [-0.3, -0.25) is 4.79 Å². The van der Waals surface area contributed by atoms with Gasteiger partial charge >= 0.3 is 0 Å². The van der Waals surface area contributed by atoms with Gasteiger partial charge in [0, 0.05) is 12.0 Å². The number of rotatable bonds is 4. The van der Waals surface area contributed by atoms with Crippen LogP contribution in [0.4, 0.5) is 0 Å². The molecule has 0 spiro atoms. The highest BCUT2D eigenvalue weighted by atomic mass is 79.9. The van der Waals surface area contributed by atoms with Gasteiger partial charge in [0.05, 0.1) is 11.6 Å². The zero-order chi connectivity index (χ0) is 10.6. The van der Waals surface area contributed by atoms with Crippen molar-refractivity contribution in [2.75, 3.05) is 13.7 Å². The van der Waals surface area contributed by atoms with Gasteiger partial charge in [0.2, 0.25) is 0 Å². The smallest absolute Gasteiger partial charge is 0.164 e. The van der Waals surface area contributed by atoms with E-state index in [2.05, 4.69) is 15.9 Å². The zero-order valence-corrected chi connectivity index (χ0v) is 9.50. The lowest BCUT2D eigenvalue weighted by Gasteiger charge is -2.05. The van der Waals surface area contributed by atoms with Crippen molar-refractivity contribution in [3.8, 4) is 5.75 Å². The Balaban J connectivity index is 2.94. The molecule has 0 aromatic heterocycles. The van der Waals surface area contributed by atoms with Crippen LogP contribution in [0.1, 0.15) is 16.8 Å². The first-order valence-electron chi connectivity index (χ1n) is 4.26. The number of halogens is 1. The number of nitrogens with two attached hydrogens (primary N) is 1. The summed E-state index contributed by atoms with van der Waals surface area (Å²) in [5, 5.41) is 0. The average Bonchev–Trinajstić information content (AvgIpc) is 2.19. The molecule has 0 radical (unpaired) electrons. The molecular weight excluding hydrogens is 246 g/mol. The number of carbonyl (C=O) groups is 1. The molecule has 0 amide bonds. The fraction of sp³-hybridized carbons (Fsp3) is 0.300. The van der Waals surface area contributed by atoms with Crippen molar-refractivity contribution < 1.29 is 9.53 Å². The third kappa shape index (κ3) is 2.56. The Morgan fingerprint density at radius 1 is 1.57 bits per heavy atom. The summed E-state index contributed by atoms with van der Waals surface area (Å²) in [6, 6.07) is 5.26. The minimum absolute atomic E-state index is 0.0401. The van der Waals surface area contributed by atoms with Crippen LogP contribution in [0.2, 0.25) is 0 Å². The minimum Gasteiger partial charge on any atom is -0.496 e. The Kier molecular flexibility index (Phi) is 4.10. The van der Waals surface area contributed by atoms with E-state index < -0.39 is 0 Å². The highest BCUT2D eigenvalue weighted by molar-refractivity contribution is 9.10. The van der Waals surface area contributed by atoms with Crippen LogP contribution in [0.15, 0.2) is 22.7 Å². The lowest BCUT2D eigenvalue weighted by atomic mass is 10.1. The first kappa shape index (κ1) is 11.2. The van der Waals surface area contributed by atoms with E-state index in [4.69, 9.17) is 10.5 Å². The third-order valence-corrected chi connectivity index (χ3v) is 2.50. The molecule has 4 heteroatoms. The monoisotopic (exact) mass is 257 g/mol. The molecule has 0 fully saturated rings. The molecular formula is C10H12BrNO2. The van der Waals surface area contributed by atoms with E-state index in [9.17, 15) is 4.79 Å². The Hall–Kier alpha value is -0.870. The summed E-state index contributed by atoms with van der Waals surface area (Å²) in [4.78, 5) is 11.5. The first-order valence-corrected chi connectivity index (χ1v) is 5.05. The van der Waals surface area contributed by atoms with Crippen molar-refractivity contribution in [2.24, 2.45) is 5.73 Å². The van der Waals surface area contributed by atoms with Gasteiger partial charge in [-0.15, -0.1) is 0 Å². The van der Waals surface area contributed by atoms with E-state index in [1.807, 2.05) is 0 Å². The van der Waals surface area contributed by atoms with Crippen molar-refractivity contribution in [3.05, 3.63) is 28.2 Å². The zero-order valence-electron chi connectivity index (χ0n) is 7.92. The van der Waals surface area contributed by atoms with Gasteiger partial charge in [0.15, 0.2) is 5.78 Å². The van der Waals surface area contributed by atoms with Crippen molar-refractivity contribution in [3.63, 3.8) is 0 Å². The maximum atomic E-state index is 11.5. The largest absolute Gasteiger partial charge is 0.496 e. The Morgan fingerprint density at radius 2 is 2.29 bits per heavy atom. The maximum absolute atomic E-state index is 11.5. The molecule has 14 heavy (non-hydrogen) atoms. The number of ketones is 1. The second kappa shape index (κ2) is 5.12. The third-order valence-electron chi connectivity index (χ3n) is 1.84. The van der Waals surface area contributed by atoms with Gasteiger partial charge in [0.1, 0.15) is 5.75 Å². The van der Waals surface area contributed by atoms with Crippen LogP contribution < -0.4 is 10.5 Å². The molecule has 0 saturated heterocycles. The molecule has 0 atom stereocenters. The van der Waals surface area contributed by atoms with Crippen LogP contribution in [0.3, 0.4) is 0 Å². The molecule has 0 bridgehead atoms. The predicted molar refractivity (Wildman–Crippen MR) is 58.7 cm³/mol. The number of carbonyl (C=O) groups excluding carboxylic acids is 1. The van der Waals surface area contributed by atoms with Gasteiger partial charge in [0.25, 0.3) is 0 Å². The molecule has 0 saturated carbocycles. The fourth-order valence-corrected chi connectivity index (χ4v) is 1.52. The van der Waals surface area contributed by atoms with Crippen LogP contribution in [0, 0.1) is 0 Å². The summed E-state index contributed by atoms with van der Waals surface area (Å²) < 4.78 is 5.92. The highest BCUT2D eigenvalue weighted by Gasteiger charge is 2.07. The molecule has 0 heterocycles. The molecule has 0 aliphatic rings. The van der Waals surface area contributed by atoms with Crippen molar-refractivity contribution in [2.45, 2.75) is 6.42 Å². The topological polar surface area (TPSA) is 52.3 Å². The molecule has 0 aliphatic carbocycles. The van der Waals surface area contributed by atoms with Crippen LogP contribution in [-0.2, 0) is 0 Å². The molecule has 3 nitrogen and oxygen atoms in total. The molecule has 0 unspecified atom stereocenters. The van der Waals surface area contributed by atoms with Crippen molar-refractivity contribution in [1.82, 2.24) is 0 Å².